The first kappa shape index (κ1) is 19.6. The van der Waals surface area contributed by atoms with E-state index < -0.39 is 0 Å². The molecule has 0 atom stereocenters. The standard InChI is InChI=1S/C23H19N3O3S/c1-28-19-13-7-5-9-16(19)15-21-25-26-23(30-21)24-22(27)18-12-6-8-14-20(18)29-17-10-3-2-4-11-17/h2-14H,15H2,1H3,(H,24,26,27). The summed E-state index contributed by atoms with van der Waals surface area (Å²) in [5, 5.41) is 12.3. The Morgan fingerprint density at radius 2 is 1.60 bits per heavy atom. The Morgan fingerprint density at radius 1 is 0.900 bits per heavy atom. The fourth-order valence-electron chi connectivity index (χ4n) is 2.91. The van der Waals surface area contributed by atoms with Crippen LogP contribution in [0.25, 0.3) is 0 Å². The van der Waals surface area contributed by atoms with Gasteiger partial charge in [-0.1, -0.05) is 59.9 Å². The maximum absolute atomic E-state index is 12.8. The number of methoxy groups -OCH3 is 1. The van der Waals surface area contributed by atoms with Gasteiger partial charge >= 0.3 is 0 Å². The zero-order valence-corrected chi connectivity index (χ0v) is 17.1. The van der Waals surface area contributed by atoms with Crippen LogP contribution in [-0.4, -0.2) is 23.2 Å². The molecule has 3 aromatic carbocycles. The molecule has 0 aliphatic carbocycles. The van der Waals surface area contributed by atoms with Crippen molar-refractivity contribution < 1.29 is 14.3 Å². The highest BCUT2D eigenvalue weighted by Crippen LogP contribution is 2.27. The number of rotatable bonds is 7. The predicted molar refractivity (Wildman–Crippen MR) is 117 cm³/mol. The lowest BCUT2D eigenvalue weighted by atomic mass is 10.1. The molecule has 1 aromatic heterocycles. The molecule has 0 aliphatic rings. The van der Waals surface area contributed by atoms with Crippen molar-refractivity contribution in [2.75, 3.05) is 12.4 Å². The highest BCUT2D eigenvalue weighted by atomic mass is 32.1. The molecule has 0 radical (unpaired) electrons. The van der Waals surface area contributed by atoms with Gasteiger partial charge in [-0.05, 0) is 30.3 Å². The molecule has 4 rings (SSSR count). The first-order valence-electron chi connectivity index (χ1n) is 9.30. The van der Waals surface area contributed by atoms with Crippen molar-refractivity contribution in [3.05, 3.63) is 95.0 Å². The number of carbonyl (C=O) groups excluding carboxylic acids is 1. The molecule has 0 saturated heterocycles. The number of para-hydroxylation sites is 3. The van der Waals surface area contributed by atoms with Gasteiger partial charge in [0.1, 0.15) is 22.3 Å². The van der Waals surface area contributed by atoms with Crippen LogP contribution in [0.4, 0.5) is 5.13 Å². The van der Waals surface area contributed by atoms with Gasteiger partial charge in [0.25, 0.3) is 5.91 Å². The van der Waals surface area contributed by atoms with Gasteiger partial charge in [0, 0.05) is 12.0 Å². The zero-order valence-electron chi connectivity index (χ0n) is 16.2. The Morgan fingerprint density at radius 3 is 2.40 bits per heavy atom. The maximum Gasteiger partial charge on any atom is 0.261 e. The second kappa shape index (κ2) is 9.19. The highest BCUT2D eigenvalue weighted by Gasteiger charge is 2.16. The molecule has 0 unspecified atom stereocenters. The summed E-state index contributed by atoms with van der Waals surface area (Å²) in [6, 6.07) is 24.2. The molecule has 1 amide bonds. The minimum Gasteiger partial charge on any atom is -0.496 e. The van der Waals surface area contributed by atoms with Crippen molar-refractivity contribution >= 4 is 22.4 Å². The van der Waals surface area contributed by atoms with Gasteiger partial charge < -0.3 is 9.47 Å². The molecule has 4 aromatic rings. The number of aromatic nitrogens is 2. The van der Waals surface area contributed by atoms with Crippen LogP contribution in [-0.2, 0) is 6.42 Å². The smallest absolute Gasteiger partial charge is 0.261 e. The summed E-state index contributed by atoms with van der Waals surface area (Å²) in [7, 11) is 1.64. The third-order valence-electron chi connectivity index (χ3n) is 4.32. The van der Waals surface area contributed by atoms with E-state index in [0.29, 0.717) is 28.6 Å². The molecule has 0 bridgehead atoms. The van der Waals surface area contributed by atoms with Crippen LogP contribution < -0.4 is 14.8 Å². The van der Waals surface area contributed by atoms with Crippen molar-refractivity contribution in [2.24, 2.45) is 0 Å². The number of hydrogen-bond acceptors (Lipinski definition) is 6. The van der Waals surface area contributed by atoms with E-state index in [9.17, 15) is 4.79 Å². The van der Waals surface area contributed by atoms with Crippen LogP contribution in [0.15, 0.2) is 78.9 Å². The van der Waals surface area contributed by atoms with Crippen molar-refractivity contribution in [3.63, 3.8) is 0 Å². The Hall–Kier alpha value is -3.71. The molecule has 0 aliphatic heterocycles. The lowest BCUT2D eigenvalue weighted by Crippen LogP contribution is -2.12. The number of nitrogens with one attached hydrogen (secondary N) is 1. The third-order valence-corrected chi connectivity index (χ3v) is 5.16. The Labute approximate surface area is 178 Å². The van der Waals surface area contributed by atoms with Crippen LogP contribution >= 0.6 is 11.3 Å². The topological polar surface area (TPSA) is 73.3 Å². The number of ether oxygens (including phenoxy) is 2. The average Bonchev–Trinajstić information content (AvgIpc) is 3.22. The van der Waals surface area contributed by atoms with Crippen LogP contribution in [0.2, 0.25) is 0 Å². The number of amides is 1. The minimum atomic E-state index is -0.304. The maximum atomic E-state index is 12.8. The number of carbonyl (C=O) groups is 1. The molecule has 0 fully saturated rings. The lowest BCUT2D eigenvalue weighted by molar-refractivity contribution is 0.102. The largest absolute Gasteiger partial charge is 0.496 e. The van der Waals surface area contributed by atoms with Crippen LogP contribution in [0.1, 0.15) is 20.9 Å². The summed E-state index contributed by atoms with van der Waals surface area (Å²) in [5.74, 6) is 1.62. The predicted octanol–water partition coefficient (Wildman–Crippen LogP) is 5.18. The first-order chi connectivity index (χ1) is 14.7. The second-order valence-electron chi connectivity index (χ2n) is 6.35. The fraction of sp³-hybridized carbons (Fsp3) is 0.0870. The van der Waals surface area contributed by atoms with Crippen molar-refractivity contribution in [3.8, 4) is 17.2 Å². The third kappa shape index (κ3) is 4.64. The number of anilines is 1. The van der Waals surface area contributed by atoms with E-state index in [1.165, 1.54) is 11.3 Å². The molecule has 30 heavy (non-hydrogen) atoms. The van der Waals surface area contributed by atoms with E-state index in [-0.39, 0.29) is 5.91 Å². The summed E-state index contributed by atoms with van der Waals surface area (Å²) >= 11 is 1.33. The molecule has 0 saturated carbocycles. The molecule has 6 nitrogen and oxygen atoms in total. The van der Waals surface area contributed by atoms with Gasteiger partial charge in [-0.15, -0.1) is 10.2 Å². The van der Waals surface area contributed by atoms with Gasteiger partial charge in [0.2, 0.25) is 5.13 Å². The molecular formula is C23H19N3O3S. The first-order valence-corrected chi connectivity index (χ1v) is 10.1. The molecule has 150 valence electrons. The van der Waals surface area contributed by atoms with Gasteiger partial charge in [0.05, 0.1) is 12.7 Å². The van der Waals surface area contributed by atoms with E-state index in [1.54, 1.807) is 25.3 Å². The van der Waals surface area contributed by atoms with E-state index >= 15 is 0 Å². The number of nitrogens with zero attached hydrogens (tertiary/aromatic N) is 2. The van der Waals surface area contributed by atoms with Gasteiger partial charge in [-0.2, -0.15) is 0 Å². The van der Waals surface area contributed by atoms with E-state index in [2.05, 4.69) is 15.5 Å². The summed E-state index contributed by atoms with van der Waals surface area (Å²) in [6.07, 6.45) is 0.575. The van der Waals surface area contributed by atoms with Gasteiger partial charge in [-0.25, -0.2) is 0 Å². The average molecular weight is 417 g/mol. The monoisotopic (exact) mass is 417 g/mol. The summed E-state index contributed by atoms with van der Waals surface area (Å²) in [6.45, 7) is 0. The van der Waals surface area contributed by atoms with E-state index in [0.717, 1.165) is 16.3 Å². The Kier molecular flexibility index (Phi) is 6.01. The van der Waals surface area contributed by atoms with Crippen molar-refractivity contribution in [2.45, 2.75) is 6.42 Å². The van der Waals surface area contributed by atoms with Crippen molar-refractivity contribution in [1.82, 2.24) is 10.2 Å². The molecule has 0 spiro atoms. The van der Waals surface area contributed by atoms with E-state index in [1.807, 2.05) is 60.7 Å². The lowest BCUT2D eigenvalue weighted by Gasteiger charge is -2.10. The Balaban J connectivity index is 1.48. The number of hydrogen-bond donors (Lipinski definition) is 1. The SMILES string of the molecule is COc1ccccc1Cc1nnc(NC(=O)c2ccccc2Oc2ccccc2)s1. The fourth-order valence-corrected chi connectivity index (χ4v) is 3.67. The quantitative estimate of drug-likeness (QED) is 0.448. The summed E-state index contributed by atoms with van der Waals surface area (Å²) in [5.41, 5.74) is 1.43. The van der Waals surface area contributed by atoms with Crippen molar-refractivity contribution in [1.29, 1.82) is 0 Å². The molecular weight excluding hydrogens is 398 g/mol. The summed E-state index contributed by atoms with van der Waals surface area (Å²) < 4.78 is 11.3. The van der Waals surface area contributed by atoms with E-state index in [4.69, 9.17) is 9.47 Å². The van der Waals surface area contributed by atoms with Gasteiger partial charge in [0.15, 0.2) is 0 Å². The van der Waals surface area contributed by atoms with Gasteiger partial charge in [-0.3, -0.25) is 10.1 Å². The normalized spacial score (nSPS) is 10.4. The van der Waals surface area contributed by atoms with Crippen LogP contribution in [0.3, 0.4) is 0 Å². The zero-order chi connectivity index (χ0) is 20.8. The molecule has 7 heteroatoms. The minimum absolute atomic E-state index is 0.304. The molecule has 1 N–H and O–H groups in total. The summed E-state index contributed by atoms with van der Waals surface area (Å²) in [4.78, 5) is 12.8. The second-order valence-corrected chi connectivity index (χ2v) is 7.42. The molecule has 1 heterocycles. The number of benzene rings is 3. The Bertz CT molecular complexity index is 1150. The van der Waals surface area contributed by atoms with Crippen LogP contribution in [0.5, 0.6) is 17.2 Å². The highest BCUT2D eigenvalue weighted by molar-refractivity contribution is 7.15. The van der Waals surface area contributed by atoms with Crippen LogP contribution in [0, 0.1) is 0 Å².